The first-order chi connectivity index (χ1) is 9.79. The van der Waals surface area contributed by atoms with Gasteiger partial charge in [0.25, 0.3) is 0 Å². The molecule has 2 aromatic rings. The number of nitrogens with two attached hydrogens (primary N) is 2. The van der Waals surface area contributed by atoms with Gasteiger partial charge in [-0.25, -0.2) is 0 Å². The largest absolute Gasteiger partial charge is 0.416 e. The molecular formula is C16H17F3N2. The highest BCUT2D eigenvalue weighted by Gasteiger charge is 2.31. The third-order valence-electron chi connectivity index (χ3n) is 3.41. The molecule has 0 amide bonds. The average molecular weight is 294 g/mol. The number of halogens is 3. The van der Waals surface area contributed by atoms with E-state index >= 15 is 0 Å². The molecule has 0 saturated heterocycles. The van der Waals surface area contributed by atoms with Crippen LogP contribution in [0.3, 0.4) is 0 Å². The minimum Gasteiger partial charge on any atom is -0.322 e. The molecule has 0 aliphatic carbocycles. The second-order valence-corrected chi connectivity index (χ2v) is 5.09. The monoisotopic (exact) mass is 294 g/mol. The minimum atomic E-state index is -4.39. The van der Waals surface area contributed by atoms with Crippen LogP contribution in [-0.2, 0) is 6.18 Å². The van der Waals surface area contributed by atoms with Gasteiger partial charge in [-0.15, -0.1) is 0 Å². The van der Waals surface area contributed by atoms with Crippen LogP contribution in [0.1, 0.15) is 34.3 Å². The zero-order valence-corrected chi connectivity index (χ0v) is 11.6. The summed E-state index contributed by atoms with van der Waals surface area (Å²) >= 11 is 0. The molecule has 0 spiro atoms. The first-order valence-electron chi connectivity index (χ1n) is 6.54. The normalized spacial score (nSPS) is 14.8. The maximum absolute atomic E-state index is 12.7. The summed E-state index contributed by atoms with van der Waals surface area (Å²) in [5.41, 5.74) is 13.6. The lowest BCUT2D eigenvalue weighted by Crippen LogP contribution is -2.26. The summed E-state index contributed by atoms with van der Waals surface area (Å²) in [5, 5.41) is 0. The van der Waals surface area contributed by atoms with Gasteiger partial charge in [0.15, 0.2) is 0 Å². The van der Waals surface area contributed by atoms with E-state index in [1.807, 2.05) is 31.2 Å². The van der Waals surface area contributed by atoms with Crippen LogP contribution in [0, 0.1) is 6.92 Å². The van der Waals surface area contributed by atoms with E-state index in [2.05, 4.69) is 0 Å². The van der Waals surface area contributed by atoms with Crippen molar-refractivity contribution in [3.8, 4) is 0 Å². The van der Waals surface area contributed by atoms with E-state index in [1.165, 1.54) is 6.07 Å². The van der Waals surface area contributed by atoms with E-state index in [1.54, 1.807) is 6.07 Å². The Morgan fingerprint density at radius 3 is 1.90 bits per heavy atom. The van der Waals surface area contributed by atoms with Gasteiger partial charge in [-0.2, -0.15) is 13.2 Å². The van der Waals surface area contributed by atoms with Gasteiger partial charge < -0.3 is 11.5 Å². The number of rotatable bonds is 3. The van der Waals surface area contributed by atoms with Crippen LogP contribution >= 0.6 is 0 Å². The third-order valence-corrected chi connectivity index (χ3v) is 3.41. The maximum atomic E-state index is 12.7. The van der Waals surface area contributed by atoms with Crippen molar-refractivity contribution in [2.45, 2.75) is 25.2 Å². The van der Waals surface area contributed by atoms with Gasteiger partial charge in [-0.3, -0.25) is 0 Å². The highest BCUT2D eigenvalue weighted by atomic mass is 19.4. The van der Waals surface area contributed by atoms with Crippen molar-refractivity contribution in [1.82, 2.24) is 0 Å². The van der Waals surface area contributed by atoms with Crippen molar-refractivity contribution >= 4 is 0 Å². The molecule has 112 valence electrons. The van der Waals surface area contributed by atoms with Crippen molar-refractivity contribution in [2.75, 3.05) is 0 Å². The third kappa shape index (κ3) is 3.62. The number of hydrogen-bond donors (Lipinski definition) is 2. The Balaban J connectivity index is 2.29. The van der Waals surface area contributed by atoms with Crippen molar-refractivity contribution in [3.63, 3.8) is 0 Å². The molecule has 0 saturated carbocycles. The van der Waals surface area contributed by atoms with Gasteiger partial charge in [0, 0.05) is 12.1 Å². The number of alkyl halides is 3. The molecule has 2 rings (SSSR count). The fourth-order valence-corrected chi connectivity index (χ4v) is 2.21. The highest BCUT2D eigenvalue weighted by molar-refractivity contribution is 5.32. The minimum absolute atomic E-state index is 0.374. The Morgan fingerprint density at radius 2 is 1.38 bits per heavy atom. The molecule has 2 atom stereocenters. The molecule has 0 aliphatic rings. The molecule has 1 unspecified atom stereocenters. The molecule has 0 bridgehead atoms. The predicted octanol–water partition coefficient (Wildman–Crippen LogP) is 3.71. The summed E-state index contributed by atoms with van der Waals surface area (Å²) in [6.45, 7) is 1.92. The zero-order chi connectivity index (χ0) is 15.6. The first-order valence-corrected chi connectivity index (χ1v) is 6.54. The van der Waals surface area contributed by atoms with Crippen LogP contribution in [0.5, 0.6) is 0 Å². The molecule has 0 radical (unpaired) electrons. The molecule has 2 aromatic carbocycles. The van der Waals surface area contributed by atoms with Crippen molar-refractivity contribution in [1.29, 1.82) is 0 Å². The molecule has 0 fully saturated rings. The van der Waals surface area contributed by atoms with Gasteiger partial charge in [0.05, 0.1) is 5.56 Å². The van der Waals surface area contributed by atoms with E-state index < -0.39 is 23.8 Å². The van der Waals surface area contributed by atoms with E-state index in [0.29, 0.717) is 5.56 Å². The second-order valence-electron chi connectivity index (χ2n) is 5.09. The van der Waals surface area contributed by atoms with Gasteiger partial charge in [0.2, 0.25) is 0 Å². The Kier molecular flexibility index (Phi) is 4.34. The van der Waals surface area contributed by atoms with Crippen LogP contribution in [0.2, 0.25) is 0 Å². The molecule has 5 heteroatoms. The molecule has 0 heterocycles. The zero-order valence-electron chi connectivity index (χ0n) is 11.6. The summed E-state index contributed by atoms with van der Waals surface area (Å²) in [6.07, 6.45) is -4.39. The van der Waals surface area contributed by atoms with Crippen molar-refractivity contribution < 1.29 is 13.2 Å². The van der Waals surface area contributed by atoms with Crippen LogP contribution in [0.25, 0.3) is 0 Å². The van der Waals surface area contributed by atoms with Crippen LogP contribution in [-0.4, -0.2) is 0 Å². The quantitative estimate of drug-likeness (QED) is 0.906. The topological polar surface area (TPSA) is 52.0 Å². The molecular weight excluding hydrogens is 277 g/mol. The standard InChI is InChI=1S/C16H17F3N2/c1-10-4-2-5-11(8-10)14(20)15(21)12-6-3-7-13(9-12)16(17,18)19/h2-9,14-15H,20-21H2,1H3/t14?,15-/m1/s1. The van der Waals surface area contributed by atoms with E-state index in [0.717, 1.165) is 23.3 Å². The molecule has 21 heavy (non-hydrogen) atoms. The SMILES string of the molecule is Cc1cccc(C(N)[C@H](N)c2cccc(C(F)(F)F)c2)c1. The Labute approximate surface area is 121 Å². The second kappa shape index (κ2) is 5.87. The van der Waals surface area contributed by atoms with Gasteiger partial charge in [-0.1, -0.05) is 42.0 Å². The molecule has 4 N–H and O–H groups in total. The Morgan fingerprint density at radius 1 is 0.857 bits per heavy atom. The number of benzene rings is 2. The predicted molar refractivity (Wildman–Crippen MR) is 76.5 cm³/mol. The van der Waals surface area contributed by atoms with Gasteiger partial charge in [-0.05, 0) is 30.2 Å². The van der Waals surface area contributed by atoms with E-state index in [4.69, 9.17) is 11.5 Å². The number of aryl methyl sites for hydroxylation is 1. The Hall–Kier alpha value is -1.85. The summed E-state index contributed by atoms with van der Waals surface area (Å²) < 4.78 is 38.2. The van der Waals surface area contributed by atoms with E-state index in [9.17, 15) is 13.2 Å². The first kappa shape index (κ1) is 15.5. The van der Waals surface area contributed by atoms with E-state index in [-0.39, 0.29) is 0 Å². The Bertz CT molecular complexity index is 623. The molecule has 0 aliphatic heterocycles. The van der Waals surface area contributed by atoms with Crippen LogP contribution in [0.15, 0.2) is 48.5 Å². The molecule has 2 nitrogen and oxygen atoms in total. The van der Waals surface area contributed by atoms with Gasteiger partial charge in [0.1, 0.15) is 0 Å². The fraction of sp³-hybridized carbons (Fsp3) is 0.250. The average Bonchev–Trinajstić information content (AvgIpc) is 2.45. The molecule has 0 aromatic heterocycles. The highest BCUT2D eigenvalue weighted by Crippen LogP contribution is 2.32. The van der Waals surface area contributed by atoms with Crippen LogP contribution in [0.4, 0.5) is 13.2 Å². The smallest absolute Gasteiger partial charge is 0.322 e. The summed E-state index contributed by atoms with van der Waals surface area (Å²) in [5.74, 6) is 0. The summed E-state index contributed by atoms with van der Waals surface area (Å²) in [6, 6.07) is 11.2. The fourth-order valence-electron chi connectivity index (χ4n) is 2.21. The maximum Gasteiger partial charge on any atom is 0.416 e. The van der Waals surface area contributed by atoms with Crippen molar-refractivity contribution in [3.05, 3.63) is 70.8 Å². The summed E-state index contributed by atoms with van der Waals surface area (Å²) in [4.78, 5) is 0. The van der Waals surface area contributed by atoms with Gasteiger partial charge >= 0.3 is 6.18 Å². The van der Waals surface area contributed by atoms with Crippen molar-refractivity contribution in [2.24, 2.45) is 11.5 Å². The lowest BCUT2D eigenvalue weighted by molar-refractivity contribution is -0.137. The lowest BCUT2D eigenvalue weighted by atomic mass is 9.93. The number of hydrogen-bond acceptors (Lipinski definition) is 2. The lowest BCUT2D eigenvalue weighted by Gasteiger charge is -2.22. The van der Waals surface area contributed by atoms with Crippen LogP contribution < -0.4 is 11.5 Å². The summed E-state index contributed by atoms with van der Waals surface area (Å²) in [7, 11) is 0.